The van der Waals surface area contributed by atoms with E-state index in [-0.39, 0.29) is 12.0 Å². The quantitative estimate of drug-likeness (QED) is 0.745. The summed E-state index contributed by atoms with van der Waals surface area (Å²) in [5.41, 5.74) is 3.01. The third-order valence-corrected chi connectivity index (χ3v) is 4.27. The van der Waals surface area contributed by atoms with Crippen LogP contribution in [0.5, 0.6) is 5.75 Å². The highest BCUT2D eigenvalue weighted by Crippen LogP contribution is 2.21. The zero-order valence-electron chi connectivity index (χ0n) is 13.4. The first kappa shape index (κ1) is 16.4. The lowest BCUT2D eigenvalue weighted by molar-refractivity contribution is 0.0827. The molecule has 1 heterocycles. The fourth-order valence-corrected chi connectivity index (χ4v) is 2.91. The highest BCUT2D eigenvalue weighted by molar-refractivity contribution is 7.00. The molecule has 3 aromatic rings. The van der Waals surface area contributed by atoms with E-state index in [9.17, 15) is 4.79 Å². The molecule has 0 aliphatic rings. The zero-order valence-corrected chi connectivity index (χ0v) is 14.2. The van der Waals surface area contributed by atoms with Gasteiger partial charge in [0, 0.05) is 19.2 Å². The molecule has 7 heteroatoms. The molecule has 0 saturated carbocycles. The topological polar surface area (TPSA) is 73.3 Å². The van der Waals surface area contributed by atoms with Crippen molar-refractivity contribution in [1.82, 2.24) is 14.1 Å². The fourth-order valence-electron chi connectivity index (χ4n) is 2.39. The molecule has 0 bridgehead atoms. The molecule has 0 spiro atoms. The van der Waals surface area contributed by atoms with Gasteiger partial charge >= 0.3 is 0 Å². The van der Waals surface area contributed by atoms with Gasteiger partial charge in [0.05, 0.1) is 24.9 Å². The number of benzene rings is 2. The van der Waals surface area contributed by atoms with Gasteiger partial charge in [0.2, 0.25) is 0 Å². The van der Waals surface area contributed by atoms with Crippen LogP contribution in [0.1, 0.15) is 22.0 Å². The summed E-state index contributed by atoms with van der Waals surface area (Å²) in [6, 6.07) is 12.9. The number of methoxy groups -OCH3 is 2. The number of amides is 1. The normalized spacial score (nSPS) is 12.1. The van der Waals surface area contributed by atoms with Gasteiger partial charge in [-0.2, -0.15) is 8.75 Å². The second kappa shape index (κ2) is 7.37. The molecule has 24 heavy (non-hydrogen) atoms. The molecule has 6 nitrogen and oxygen atoms in total. The Hall–Kier alpha value is -2.51. The van der Waals surface area contributed by atoms with Gasteiger partial charge in [-0.3, -0.25) is 4.79 Å². The van der Waals surface area contributed by atoms with E-state index in [4.69, 9.17) is 9.47 Å². The second-order valence-corrected chi connectivity index (χ2v) is 5.71. The summed E-state index contributed by atoms with van der Waals surface area (Å²) in [6.07, 6.45) is -0.256. The predicted molar refractivity (Wildman–Crippen MR) is 92.5 cm³/mol. The van der Waals surface area contributed by atoms with Crippen molar-refractivity contribution in [3.63, 3.8) is 0 Å². The van der Waals surface area contributed by atoms with Crippen LogP contribution in [0.25, 0.3) is 11.0 Å². The number of carbonyl (C=O) groups is 1. The lowest BCUT2D eigenvalue weighted by Crippen LogP contribution is -2.29. The standard InChI is InChI=1S/C17H17N3O3S/c1-22-13-5-3-4-11(8-13)16(23-2)10-18-17(21)12-6-7-14-15(9-12)20-24-19-14/h3-9,16H,10H2,1-2H3,(H,18,21)/t16-/m1/s1. The number of fused-ring (bicyclic) bond motifs is 1. The molecule has 0 saturated heterocycles. The van der Waals surface area contributed by atoms with Gasteiger partial charge in [0.25, 0.3) is 5.91 Å². The lowest BCUT2D eigenvalue weighted by Gasteiger charge is -2.17. The molecule has 0 unspecified atom stereocenters. The molecule has 1 atom stereocenters. The molecule has 3 rings (SSSR count). The highest BCUT2D eigenvalue weighted by Gasteiger charge is 2.14. The Kier molecular flexibility index (Phi) is 5.02. The van der Waals surface area contributed by atoms with E-state index in [2.05, 4.69) is 14.1 Å². The molecule has 0 fully saturated rings. The van der Waals surface area contributed by atoms with E-state index in [1.54, 1.807) is 32.4 Å². The first-order chi connectivity index (χ1) is 11.7. The highest BCUT2D eigenvalue weighted by atomic mass is 32.1. The Bertz CT molecular complexity index is 850. The van der Waals surface area contributed by atoms with Crippen LogP contribution in [0, 0.1) is 0 Å². The minimum absolute atomic E-state index is 0.171. The van der Waals surface area contributed by atoms with Crippen LogP contribution in [0.3, 0.4) is 0 Å². The van der Waals surface area contributed by atoms with Crippen molar-refractivity contribution in [3.8, 4) is 5.75 Å². The molecule has 124 valence electrons. The monoisotopic (exact) mass is 343 g/mol. The Balaban J connectivity index is 1.69. The number of hydrogen-bond donors (Lipinski definition) is 1. The average molecular weight is 343 g/mol. The maximum absolute atomic E-state index is 12.3. The number of hydrogen-bond acceptors (Lipinski definition) is 6. The second-order valence-electron chi connectivity index (χ2n) is 5.18. The van der Waals surface area contributed by atoms with Crippen LogP contribution >= 0.6 is 11.7 Å². The minimum Gasteiger partial charge on any atom is -0.497 e. The minimum atomic E-state index is -0.256. The van der Waals surface area contributed by atoms with Crippen molar-refractivity contribution in [3.05, 3.63) is 53.6 Å². The Morgan fingerprint density at radius 1 is 1.17 bits per heavy atom. The molecule has 0 aliphatic heterocycles. The number of carbonyl (C=O) groups excluding carboxylic acids is 1. The largest absolute Gasteiger partial charge is 0.497 e. The molecule has 0 radical (unpaired) electrons. The first-order valence-electron chi connectivity index (χ1n) is 7.38. The van der Waals surface area contributed by atoms with Crippen molar-refractivity contribution >= 4 is 28.7 Å². The van der Waals surface area contributed by atoms with Crippen LogP contribution in [-0.2, 0) is 4.74 Å². The van der Waals surface area contributed by atoms with Crippen LogP contribution < -0.4 is 10.1 Å². The van der Waals surface area contributed by atoms with Crippen LogP contribution in [0.4, 0.5) is 0 Å². The van der Waals surface area contributed by atoms with Gasteiger partial charge < -0.3 is 14.8 Å². The summed E-state index contributed by atoms with van der Waals surface area (Å²) in [6.45, 7) is 0.357. The SMILES string of the molecule is COc1cccc([C@@H](CNC(=O)c2ccc3nsnc3c2)OC)c1. The number of aromatic nitrogens is 2. The first-order valence-corrected chi connectivity index (χ1v) is 8.11. The van der Waals surface area contributed by atoms with Gasteiger partial charge in [-0.05, 0) is 35.9 Å². The third-order valence-electron chi connectivity index (χ3n) is 3.71. The maximum Gasteiger partial charge on any atom is 0.251 e. The van der Waals surface area contributed by atoms with Gasteiger partial charge in [0.15, 0.2) is 0 Å². The zero-order chi connectivity index (χ0) is 16.9. The van der Waals surface area contributed by atoms with Crippen molar-refractivity contribution in [2.45, 2.75) is 6.10 Å². The number of ether oxygens (including phenoxy) is 2. The maximum atomic E-state index is 12.3. The predicted octanol–water partition coefficient (Wildman–Crippen LogP) is 2.82. The molecule has 1 amide bonds. The molecule has 0 aliphatic carbocycles. The van der Waals surface area contributed by atoms with E-state index in [0.717, 1.165) is 34.1 Å². The molecule has 2 aromatic carbocycles. The van der Waals surface area contributed by atoms with Crippen molar-refractivity contribution in [2.75, 3.05) is 20.8 Å². The molecule has 1 N–H and O–H groups in total. The molecular formula is C17H17N3O3S. The van der Waals surface area contributed by atoms with Gasteiger partial charge in [-0.1, -0.05) is 12.1 Å². The Morgan fingerprint density at radius 2 is 2.00 bits per heavy atom. The smallest absolute Gasteiger partial charge is 0.251 e. The summed E-state index contributed by atoms with van der Waals surface area (Å²) in [5.74, 6) is 0.581. The summed E-state index contributed by atoms with van der Waals surface area (Å²) in [4.78, 5) is 12.3. The van der Waals surface area contributed by atoms with E-state index in [1.165, 1.54) is 0 Å². The molecule has 1 aromatic heterocycles. The Labute approximate surface area is 143 Å². The third kappa shape index (κ3) is 3.52. The van der Waals surface area contributed by atoms with E-state index < -0.39 is 0 Å². The van der Waals surface area contributed by atoms with Crippen molar-refractivity contribution in [1.29, 1.82) is 0 Å². The number of nitrogens with zero attached hydrogens (tertiary/aromatic N) is 2. The lowest BCUT2D eigenvalue weighted by atomic mass is 10.1. The summed E-state index contributed by atoms with van der Waals surface area (Å²) >= 11 is 1.13. The van der Waals surface area contributed by atoms with Crippen LogP contribution in [0.15, 0.2) is 42.5 Å². The number of nitrogens with one attached hydrogen (secondary N) is 1. The fraction of sp³-hybridized carbons (Fsp3) is 0.235. The van der Waals surface area contributed by atoms with E-state index in [1.807, 2.05) is 24.3 Å². The van der Waals surface area contributed by atoms with Crippen LogP contribution in [-0.4, -0.2) is 35.4 Å². The summed E-state index contributed by atoms with van der Waals surface area (Å²) in [5, 5.41) is 2.89. The van der Waals surface area contributed by atoms with Crippen molar-refractivity contribution < 1.29 is 14.3 Å². The van der Waals surface area contributed by atoms with Gasteiger partial charge in [-0.25, -0.2) is 0 Å². The molecular weight excluding hydrogens is 326 g/mol. The van der Waals surface area contributed by atoms with Gasteiger partial charge in [0.1, 0.15) is 16.8 Å². The van der Waals surface area contributed by atoms with Crippen LogP contribution in [0.2, 0.25) is 0 Å². The van der Waals surface area contributed by atoms with Gasteiger partial charge in [-0.15, -0.1) is 0 Å². The van der Waals surface area contributed by atoms with E-state index >= 15 is 0 Å². The summed E-state index contributed by atoms with van der Waals surface area (Å²) < 4.78 is 19.0. The van der Waals surface area contributed by atoms with Crippen molar-refractivity contribution in [2.24, 2.45) is 0 Å². The number of rotatable bonds is 6. The average Bonchev–Trinajstić information content (AvgIpc) is 3.10. The Morgan fingerprint density at radius 3 is 2.79 bits per heavy atom. The van der Waals surface area contributed by atoms with E-state index in [0.29, 0.717) is 12.1 Å². The summed E-state index contributed by atoms with van der Waals surface area (Å²) in [7, 11) is 3.23.